The Balaban J connectivity index is 2.10. The maximum absolute atomic E-state index is 12.6. The highest BCUT2D eigenvalue weighted by Crippen LogP contribution is 2.18. The highest BCUT2D eigenvalue weighted by atomic mass is 35.5. The smallest absolute Gasteiger partial charge is 0.257 e. The average Bonchev–Trinajstić information content (AvgIpc) is 3.41. The highest BCUT2D eigenvalue weighted by Gasteiger charge is 2.43. The summed E-state index contributed by atoms with van der Waals surface area (Å²) in [5.41, 5.74) is 0.471. The number of carbonyl (C=O) groups excluding carboxylic acids is 2. The van der Waals surface area contributed by atoms with Crippen LogP contribution in [0.15, 0.2) is 48.1 Å². The third-order valence-corrected chi connectivity index (χ3v) is 3.58. The predicted molar refractivity (Wildman–Crippen MR) is 102 cm³/mol. The normalized spacial score (nSPS) is 18.6. The number of hydrogen-bond donors (Lipinski definition) is 2. The molecule has 0 saturated carbocycles. The quantitative estimate of drug-likeness (QED) is 0.112. The van der Waals surface area contributed by atoms with E-state index in [1.54, 1.807) is 0 Å². The first-order valence-electron chi connectivity index (χ1n) is 8.65. The van der Waals surface area contributed by atoms with Crippen LogP contribution in [-0.2, 0) is 24.2 Å². The van der Waals surface area contributed by atoms with Gasteiger partial charge in [-0.3, -0.25) is 9.59 Å². The number of nitrogens with zero attached hydrogens (tertiary/aromatic N) is 1. The first-order valence-corrected chi connectivity index (χ1v) is 9.03. The van der Waals surface area contributed by atoms with Crippen LogP contribution in [0, 0.1) is 0 Å². The topological polar surface area (TPSA) is 88.9 Å². The minimum Gasteiger partial charge on any atom is -0.491 e. The summed E-state index contributed by atoms with van der Waals surface area (Å²) in [6, 6.07) is -0.402. The zero-order chi connectivity index (χ0) is 20.9. The third kappa shape index (κ3) is 10.2. The summed E-state index contributed by atoms with van der Waals surface area (Å²) in [5, 5.41) is 6.53. The van der Waals surface area contributed by atoms with Gasteiger partial charge in [-0.1, -0.05) is 31.7 Å². The van der Waals surface area contributed by atoms with Gasteiger partial charge in [0.2, 0.25) is 5.91 Å². The van der Waals surface area contributed by atoms with E-state index in [9.17, 15) is 14.0 Å². The second kappa shape index (κ2) is 13.1. The Morgan fingerprint density at radius 1 is 1.39 bits per heavy atom. The number of hydrogen-bond acceptors (Lipinski definition) is 6. The molecule has 1 heterocycles. The van der Waals surface area contributed by atoms with Gasteiger partial charge in [-0.25, -0.2) is 9.28 Å². The fourth-order valence-corrected chi connectivity index (χ4v) is 1.80. The van der Waals surface area contributed by atoms with Gasteiger partial charge < -0.3 is 15.4 Å². The summed E-state index contributed by atoms with van der Waals surface area (Å²) >= 11 is 5.50. The molecular weight excluding hydrogens is 393 g/mol. The molecule has 1 aliphatic heterocycles. The Morgan fingerprint density at radius 3 is 2.82 bits per heavy atom. The standard InChI is InChI=1S/C18H25ClFN3O5/c1-4-9-27-28-23-11-16(23)18(25)22-13(2)7-8-21-17(24)12-26-10-5-6-15(19)14(3)20/h5-6,10,16H,2-4,7-9,11-12H2,1H3,(H,21,24)(H,22,25)/b10-5+,15-6+. The molecule has 1 aliphatic rings. The van der Waals surface area contributed by atoms with Crippen LogP contribution in [-0.4, -0.2) is 49.2 Å². The molecule has 8 nitrogen and oxygen atoms in total. The summed E-state index contributed by atoms with van der Waals surface area (Å²) in [4.78, 5) is 33.4. The fourth-order valence-electron chi connectivity index (χ4n) is 1.73. The van der Waals surface area contributed by atoms with Crippen molar-refractivity contribution in [1.82, 2.24) is 15.7 Å². The van der Waals surface area contributed by atoms with Gasteiger partial charge in [-0.05, 0) is 18.6 Å². The molecule has 10 heteroatoms. The minimum atomic E-state index is -0.761. The molecule has 2 atom stereocenters. The Bertz CT molecular complexity index is 639. The predicted octanol–water partition coefficient (Wildman–Crippen LogP) is 2.22. The number of halogens is 2. The molecule has 1 rings (SSSR count). The van der Waals surface area contributed by atoms with E-state index in [4.69, 9.17) is 26.2 Å². The van der Waals surface area contributed by atoms with Gasteiger partial charge in [-0.15, -0.1) is 10.1 Å². The Labute approximate surface area is 168 Å². The molecule has 1 fully saturated rings. The lowest BCUT2D eigenvalue weighted by Crippen LogP contribution is -2.32. The van der Waals surface area contributed by atoms with Crippen LogP contribution in [0.4, 0.5) is 4.39 Å². The molecule has 2 N–H and O–H groups in total. The second-order valence-corrected chi connectivity index (χ2v) is 6.17. The Morgan fingerprint density at radius 2 is 2.14 bits per heavy atom. The van der Waals surface area contributed by atoms with Crippen molar-refractivity contribution in [3.8, 4) is 0 Å². The number of allylic oxidation sites excluding steroid dienone is 4. The van der Waals surface area contributed by atoms with Crippen molar-refractivity contribution < 1.29 is 28.6 Å². The summed E-state index contributed by atoms with van der Waals surface area (Å²) in [6.07, 6.45) is 4.98. The molecule has 0 spiro atoms. The number of amides is 2. The van der Waals surface area contributed by atoms with Gasteiger partial charge in [0.05, 0.1) is 24.4 Å². The van der Waals surface area contributed by atoms with Crippen molar-refractivity contribution in [2.24, 2.45) is 0 Å². The molecule has 0 bridgehead atoms. The van der Waals surface area contributed by atoms with Crippen molar-refractivity contribution >= 4 is 23.4 Å². The van der Waals surface area contributed by atoms with Crippen LogP contribution in [0.2, 0.25) is 0 Å². The summed E-state index contributed by atoms with van der Waals surface area (Å²) in [6.45, 7) is 9.68. The van der Waals surface area contributed by atoms with Crippen molar-refractivity contribution in [2.45, 2.75) is 25.8 Å². The average molecular weight is 418 g/mol. The summed E-state index contributed by atoms with van der Waals surface area (Å²) < 4.78 is 17.5. The van der Waals surface area contributed by atoms with E-state index in [1.807, 2.05) is 6.92 Å². The first-order chi connectivity index (χ1) is 13.3. The van der Waals surface area contributed by atoms with Crippen molar-refractivity contribution in [3.63, 3.8) is 0 Å². The molecule has 0 aliphatic carbocycles. The van der Waals surface area contributed by atoms with E-state index >= 15 is 0 Å². The number of carbonyl (C=O) groups is 2. The van der Waals surface area contributed by atoms with Gasteiger partial charge >= 0.3 is 0 Å². The van der Waals surface area contributed by atoms with Gasteiger partial charge in [0.15, 0.2) is 6.61 Å². The largest absolute Gasteiger partial charge is 0.491 e. The third-order valence-electron chi connectivity index (χ3n) is 3.25. The van der Waals surface area contributed by atoms with E-state index < -0.39 is 11.9 Å². The van der Waals surface area contributed by atoms with Crippen LogP contribution in [0.25, 0.3) is 0 Å². The van der Waals surface area contributed by atoms with Gasteiger partial charge in [0, 0.05) is 18.7 Å². The maximum atomic E-state index is 12.6. The van der Waals surface area contributed by atoms with Gasteiger partial charge in [0.25, 0.3) is 5.91 Å². The van der Waals surface area contributed by atoms with Crippen LogP contribution >= 0.6 is 11.6 Å². The Hall–Kier alpha value is -2.20. The number of nitrogens with one attached hydrogen (secondary N) is 2. The van der Waals surface area contributed by atoms with Crippen LogP contribution in [0.5, 0.6) is 0 Å². The van der Waals surface area contributed by atoms with Gasteiger partial charge in [0.1, 0.15) is 11.9 Å². The summed E-state index contributed by atoms with van der Waals surface area (Å²) in [7, 11) is 0. The second-order valence-electron chi connectivity index (χ2n) is 5.76. The SMILES string of the molecule is C=C(CCNC(=O)CO/C=C/C=C(/Cl)C(=C)F)NC(=O)C1CN1OOCCC. The fraction of sp³-hybridized carbons (Fsp3) is 0.444. The number of hydroxylamine groups is 2. The number of ether oxygens (including phenoxy) is 1. The van der Waals surface area contributed by atoms with Crippen molar-refractivity contribution in [2.75, 3.05) is 26.3 Å². The zero-order valence-electron chi connectivity index (χ0n) is 15.7. The molecule has 0 aromatic carbocycles. The lowest BCUT2D eigenvalue weighted by Gasteiger charge is -2.09. The monoisotopic (exact) mass is 417 g/mol. The van der Waals surface area contributed by atoms with Crippen molar-refractivity contribution in [3.05, 3.63) is 48.1 Å². The van der Waals surface area contributed by atoms with Gasteiger partial charge in [-0.2, -0.15) is 0 Å². The lowest BCUT2D eigenvalue weighted by atomic mass is 10.3. The van der Waals surface area contributed by atoms with Crippen LogP contribution in [0.1, 0.15) is 19.8 Å². The van der Waals surface area contributed by atoms with E-state index in [2.05, 4.69) is 23.8 Å². The maximum Gasteiger partial charge on any atom is 0.257 e. The van der Waals surface area contributed by atoms with Crippen LogP contribution < -0.4 is 10.6 Å². The molecule has 0 aromatic heterocycles. The minimum absolute atomic E-state index is 0.153. The molecule has 0 radical (unpaired) electrons. The first kappa shape index (κ1) is 23.8. The molecule has 2 unspecified atom stereocenters. The van der Waals surface area contributed by atoms with E-state index in [1.165, 1.54) is 23.5 Å². The molecular formula is C18H25ClFN3O5. The molecule has 2 amide bonds. The lowest BCUT2D eigenvalue weighted by molar-refractivity contribution is -0.391. The number of rotatable bonds is 14. The van der Waals surface area contributed by atoms with E-state index in [0.717, 1.165) is 6.42 Å². The van der Waals surface area contributed by atoms with E-state index in [-0.39, 0.29) is 30.0 Å². The zero-order valence-corrected chi connectivity index (χ0v) is 16.5. The highest BCUT2D eigenvalue weighted by molar-refractivity contribution is 6.31. The molecule has 156 valence electrons. The van der Waals surface area contributed by atoms with Crippen LogP contribution in [0.3, 0.4) is 0 Å². The molecule has 28 heavy (non-hydrogen) atoms. The Kier molecular flexibility index (Phi) is 11.1. The summed E-state index contributed by atoms with van der Waals surface area (Å²) in [5.74, 6) is -1.36. The molecule has 0 aromatic rings. The molecule has 1 saturated heterocycles. The van der Waals surface area contributed by atoms with E-state index in [0.29, 0.717) is 25.3 Å². The van der Waals surface area contributed by atoms with Crippen molar-refractivity contribution in [1.29, 1.82) is 0 Å².